The Kier molecular flexibility index (Phi) is 13.8. The van der Waals surface area contributed by atoms with E-state index in [1.165, 1.54) is 0 Å². The zero-order chi connectivity index (χ0) is 23.6. The van der Waals surface area contributed by atoms with Crippen LogP contribution in [0.2, 0.25) is 0 Å². The Morgan fingerprint density at radius 2 is 0.774 bits per heavy atom. The molecular formula is C18H24N4O9. The molecule has 31 heavy (non-hydrogen) atoms. The Labute approximate surface area is 177 Å². The summed E-state index contributed by atoms with van der Waals surface area (Å²) in [5, 5.41) is 32.9. The first-order valence-electron chi connectivity index (χ1n) is 8.89. The summed E-state index contributed by atoms with van der Waals surface area (Å²) in [4.78, 5) is 67.4. The zero-order valence-electron chi connectivity index (χ0n) is 16.4. The second-order valence-electron chi connectivity index (χ2n) is 5.73. The molecule has 0 bridgehead atoms. The van der Waals surface area contributed by atoms with Crippen LogP contribution in [0.25, 0.3) is 0 Å². The van der Waals surface area contributed by atoms with Gasteiger partial charge in [-0.25, -0.2) is 14.4 Å². The third-order valence-electron chi connectivity index (χ3n) is 3.31. The van der Waals surface area contributed by atoms with Crippen LogP contribution in [-0.4, -0.2) is 95.1 Å². The van der Waals surface area contributed by atoms with Crippen molar-refractivity contribution in [3.8, 4) is 0 Å². The normalized spacial score (nSPS) is 11.1. The van der Waals surface area contributed by atoms with Crippen LogP contribution < -0.4 is 16.0 Å². The number of hydrogen-bond donors (Lipinski definition) is 6. The number of carbonyl (C=O) groups excluding carboxylic acids is 3. The Morgan fingerprint density at radius 1 is 0.516 bits per heavy atom. The van der Waals surface area contributed by atoms with E-state index in [0.717, 1.165) is 18.2 Å². The topological polar surface area (TPSA) is 202 Å². The van der Waals surface area contributed by atoms with Crippen LogP contribution in [0, 0.1) is 0 Å². The van der Waals surface area contributed by atoms with E-state index < -0.39 is 35.6 Å². The maximum Gasteiger partial charge on any atom is 0.328 e. The molecule has 0 atom stereocenters. The van der Waals surface area contributed by atoms with E-state index in [-0.39, 0.29) is 39.3 Å². The number of amides is 3. The van der Waals surface area contributed by atoms with Crippen LogP contribution in [0.15, 0.2) is 36.5 Å². The molecule has 0 unspecified atom stereocenters. The fourth-order valence-corrected chi connectivity index (χ4v) is 1.96. The first-order valence-corrected chi connectivity index (χ1v) is 8.89. The minimum Gasteiger partial charge on any atom is -0.478 e. The lowest BCUT2D eigenvalue weighted by Crippen LogP contribution is -2.42. The van der Waals surface area contributed by atoms with Gasteiger partial charge in [0.1, 0.15) is 0 Å². The third kappa shape index (κ3) is 17.8. The molecule has 0 aliphatic heterocycles. The van der Waals surface area contributed by atoms with Gasteiger partial charge in [-0.1, -0.05) is 0 Å². The number of nitrogens with zero attached hydrogens (tertiary/aromatic N) is 1. The molecule has 0 spiro atoms. The smallest absolute Gasteiger partial charge is 0.328 e. The number of aliphatic carboxylic acids is 3. The monoisotopic (exact) mass is 440 g/mol. The number of nitrogens with one attached hydrogen (secondary N) is 3. The van der Waals surface area contributed by atoms with Crippen molar-refractivity contribution in [3.05, 3.63) is 36.5 Å². The Hall–Kier alpha value is -4.00. The molecule has 0 saturated carbocycles. The van der Waals surface area contributed by atoms with E-state index >= 15 is 0 Å². The SMILES string of the molecule is O=C(O)C=CC(=O)NCCN(CCNC(=O)C=CC(=O)O)CCNC(=O)C=CC(=O)O. The number of rotatable bonds is 15. The average molecular weight is 440 g/mol. The number of hydrogen-bond acceptors (Lipinski definition) is 7. The average Bonchev–Trinajstić information content (AvgIpc) is 2.68. The van der Waals surface area contributed by atoms with Crippen LogP contribution in [0.1, 0.15) is 0 Å². The van der Waals surface area contributed by atoms with Crippen LogP contribution in [-0.2, 0) is 28.8 Å². The van der Waals surface area contributed by atoms with E-state index in [4.69, 9.17) is 15.3 Å². The van der Waals surface area contributed by atoms with E-state index in [1.54, 1.807) is 4.90 Å². The fraction of sp³-hybridized carbons (Fsp3) is 0.333. The Bertz CT molecular complexity index is 659. The van der Waals surface area contributed by atoms with Gasteiger partial charge in [0.2, 0.25) is 17.7 Å². The van der Waals surface area contributed by atoms with Gasteiger partial charge in [-0.2, -0.15) is 0 Å². The molecule has 0 saturated heterocycles. The number of carboxylic acid groups (broad SMARTS) is 3. The van der Waals surface area contributed by atoms with Crippen LogP contribution in [0.4, 0.5) is 0 Å². The summed E-state index contributed by atoms with van der Waals surface area (Å²) >= 11 is 0. The first-order chi connectivity index (χ1) is 14.6. The van der Waals surface area contributed by atoms with Crippen molar-refractivity contribution >= 4 is 35.6 Å². The lowest BCUT2D eigenvalue weighted by Gasteiger charge is -2.22. The summed E-state index contributed by atoms with van der Waals surface area (Å²) in [7, 11) is 0. The van der Waals surface area contributed by atoms with Crippen molar-refractivity contribution in [3.63, 3.8) is 0 Å². The summed E-state index contributed by atoms with van der Waals surface area (Å²) in [6.45, 7) is 1.28. The molecule has 0 heterocycles. The van der Waals surface area contributed by atoms with Gasteiger partial charge in [-0.3, -0.25) is 19.3 Å². The summed E-state index contributed by atoms with van der Waals surface area (Å²) in [6.07, 6.45) is 4.64. The van der Waals surface area contributed by atoms with Gasteiger partial charge in [0, 0.05) is 75.7 Å². The third-order valence-corrected chi connectivity index (χ3v) is 3.31. The number of carbonyl (C=O) groups is 6. The highest BCUT2D eigenvalue weighted by Crippen LogP contribution is 1.88. The maximum atomic E-state index is 11.5. The molecule has 6 N–H and O–H groups in total. The van der Waals surface area contributed by atoms with Crippen molar-refractivity contribution in [2.24, 2.45) is 0 Å². The van der Waals surface area contributed by atoms with Gasteiger partial charge in [0.25, 0.3) is 0 Å². The molecule has 0 aromatic carbocycles. The first kappa shape index (κ1) is 27.0. The maximum absolute atomic E-state index is 11.5. The Morgan fingerprint density at radius 3 is 1.00 bits per heavy atom. The van der Waals surface area contributed by atoms with Gasteiger partial charge >= 0.3 is 17.9 Å². The lowest BCUT2D eigenvalue weighted by molar-refractivity contribution is -0.132. The van der Waals surface area contributed by atoms with Gasteiger partial charge < -0.3 is 31.3 Å². The molecule has 0 radical (unpaired) electrons. The molecule has 170 valence electrons. The van der Waals surface area contributed by atoms with E-state index in [2.05, 4.69) is 16.0 Å². The number of carboxylic acids is 3. The molecule has 0 fully saturated rings. The van der Waals surface area contributed by atoms with Crippen LogP contribution in [0.3, 0.4) is 0 Å². The predicted octanol–water partition coefficient (Wildman–Crippen LogP) is -2.44. The van der Waals surface area contributed by atoms with Crippen molar-refractivity contribution < 1.29 is 44.1 Å². The molecule has 13 nitrogen and oxygen atoms in total. The molecule has 0 rings (SSSR count). The van der Waals surface area contributed by atoms with Crippen molar-refractivity contribution in [2.45, 2.75) is 0 Å². The van der Waals surface area contributed by atoms with E-state index in [1.807, 2.05) is 0 Å². The predicted molar refractivity (Wildman–Crippen MR) is 106 cm³/mol. The zero-order valence-corrected chi connectivity index (χ0v) is 16.4. The molecule has 13 heteroatoms. The molecule has 0 aliphatic carbocycles. The second kappa shape index (κ2) is 15.9. The second-order valence-corrected chi connectivity index (χ2v) is 5.73. The molecule has 0 aliphatic rings. The standard InChI is InChI=1S/C18H24N4O9/c23-13(1-4-16(26)27)19-7-10-22(11-8-20-14(24)2-5-17(28)29)12-9-21-15(25)3-6-18(30)31/h1-6H,7-12H2,(H,19,23)(H,20,24)(H,21,25)(H,26,27)(H,28,29)(H,30,31). The van der Waals surface area contributed by atoms with Gasteiger partial charge in [-0.05, 0) is 0 Å². The van der Waals surface area contributed by atoms with Gasteiger partial charge in [-0.15, -0.1) is 0 Å². The minimum atomic E-state index is -1.27. The quantitative estimate of drug-likeness (QED) is 0.148. The van der Waals surface area contributed by atoms with Crippen molar-refractivity contribution in [2.75, 3.05) is 39.3 Å². The summed E-state index contributed by atoms with van der Waals surface area (Å²) in [5.74, 6) is -5.63. The van der Waals surface area contributed by atoms with E-state index in [0.29, 0.717) is 18.2 Å². The van der Waals surface area contributed by atoms with Gasteiger partial charge in [0.05, 0.1) is 0 Å². The highest BCUT2D eigenvalue weighted by Gasteiger charge is 2.07. The van der Waals surface area contributed by atoms with Gasteiger partial charge in [0.15, 0.2) is 0 Å². The lowest BCUT2D eigenvalue weighted by atomic mass is 10.4. The molecule has 0 aromatic heterocycles. The van der Waals surface area contributed by atoms with E-state index in [9.17, 15) is 28.8 Å². The largest absolute Gasteiger partial charge is 0.478 e. The summed E-state index contributed by atoms with van der Waals surface area (Å²) in [6, 6.07) is 0. The highest BCUT2D eigenvalue weighted by atomic mass is 16.4. The van der Waals surface area contributed by atoms with Crippen LogP contribution in [0.5, 0.6) is 0 Å². The highest BCUT2D eigenvalue weighted by molar-refractivity contribution is 5.94. The summed E-state index contributed by atoms with van der Waals surface area (Å²) < 4.78 is 0. The molecular weight excluding hydrogens is 416 g/mol. The molecule has 3 amide bonds. The minimum absolute atomic E-state index is 0.141. The Balaban J connectivity index is 4.58. The molecule has 0 aromatic rings. The van der Waals surface area contributed by atoms with Crippen LogP contribution >= 0.6 is 0 Å². The van der Waals surface area contributed by atoms with Crippen molar-refractivity contribution in [1.82, 2.24) is 20.9 Å². The summed E-state index contributed by atoms with van der Waals surface area (Å²) in [5.41, 5.74) is 0. The fourth-order valence-electron chi connectivity index (χ4n) is 1.96. The van der Waals surface area contributed by atoms with Crippen molar-refractivity contribution in [1.29, 1.82) is 0 Å².